The summed E-state index contributed by atoms with van der Waals surface area (Å²) >= 11 is 0. The first kappa shape index (κ1) is 65.6. The van der Waals surface area contributed by atoms with E-state index in [1.165, 1.54) is 19.3 Å². The summed E-state index contributed by atoms with van der Waals surface area (Å²) in [6.45, 7) is 2.72. The molecule has 0 saturated heterocycles. The highest BCUT2D eigenvalue weighted by atomic mass is 31.2. The summed E-state index contributed by atoms with van der Waals surface area (Å²) in [5, 5.41) is 61.3. The van der Waals surface area contributed by atoms with Gasteiger partial charge in [-0.3, -0.25) is 23.2 Å². The average Bonchev–Trinajstić information content (AvgIpc) is 3.32. The van der Waals surface area contributed by atoms with Crippen LogP contribution in [0.5, 0.6) is 0 Å². The summed E-state index contributed by atoms with van der Waals surface area (Å²) < 4.78 is 49.3. The van der Waals surface area contributed by atoms with Gasteiger partial charge < -0.3 is 54.8 Å². The van der Waals surface area contributed by atoms with Gasteiger partial charge >= 0.3 is 27.6 Å². The smallest absolute Gasteiger partial charge is 0.462 e. The molecule has 0 radical (unpaired) electrons. The van der Waals surface area contributed by atoms with Crippen molar-refractivity contribution in [2.45, 2.75) is 184 Å². The summed E-state index contributed by atoms with van der Waals surface area (Å²) in [4.78, 5) is 54.3. The fourth-order valence-corrected chi connectivity index (χ4v) is 8.18. The van der Waals surface area contributed by atoms with Gasteiger partial charge in [-0.1, -0.05) is 149 Å². The number of allylic oxidation sites excluding steroid dienone is 14. The molecule has 1 aliphatic carbocycles. The highest BCUT2D eigenvalue weighted by Crippen LogP contribution is 2.49. The van der Waals surface area contributed by atoms with Crippen molar-refractivity contribution in [3.05, 3.63) is 109 Å². The number of esters is 2. The average molecular weight is 1050 g/mol. The van der Waals surface area contributed by atoms with Gasteiger partial charge in [-0.25, -0.2) is 9.13 Å². The van der Waals surface area contributed by atoms with Crippen molar-refractivity contribution in [3.63, 3.8) is 0 Å². The Kier molecular flexibility index (Phi) is 37.0. The first-order valence-electron chi connectivity index (χ1n) is 24.6. The number of ether oxygens (including phenoxy) is 2. The number of phosphoric ester groups is 2. The number of rotatable bonds is 39. The van der Waals surface area contributed by atoms with E-state index in [4.69, 9.17) is 18.5 Å². The van der Waals surface area contributed by atoms with E-state index in [-0.39, 0.29) is 19.3 Å². The summed E-state index contributed by atoms with van der Waals surface area (Å²) in [7, 11) is -10.8. The molecule has 0 amide bonds. The van der Waals surface area contributed by atoms with Crippen LogP contribution in [0.1, 0.15) is 129 Å². The molecule has 10 atom stereocenters. The molecule has 0 aliphatic heterocycles. The molecule has 20 heteroatoms. The van der Waals surface area contributed by atoms with Gasteiger partial charge in [0.2, 0.25) is 0 Å². The van der Waals surface area contributed by atoms with Crippen molar-refractivity contribution in [3.8, 4) is 0 Å². The van der Waals surface area contributed by atoms with Crippen molar-refractivity contribution in [1.29, 1.82) is 0 Å². The monoisotopic (exact) mass is 1040 g/mol. The highest BCUT2D eigenvalue weighted by molar-refractivity contribution is 7.47. The lowest BCUT2D eigenvalue weighted by Crippen LogP contribution is -2.64. The number of carbonyl (C=O) groups excluding carboxylic acids is 2. The van der Waals surface area contributed by atoms with Gasteiger partial charge in [-0.15, -0.1) is 0 Å². The Hall–Kier alpha value is -3.42. The van der Waals surface area contributed by atoms with Crippen molar-refractivity contribution < 1.29 is 87.1 Å². The second kappa shape index (κ2) is 40.0. The predicted octanol–water partition coefficient (Wildman–Crippen LogP) is 7.67. The van der Waals surface area contributed by atoms with Crippen LogP contribution in [0.15, 0.2) is 109 Å². The second-order valence-corrected chi connectivity index (χ2v) is 19.4. The molecule has 1 aliphatic rings. The number of phosphoric acid groups is 2. The number of aliphatic hydroxyl groups is 6. The third-order valence-electron chi connectivity index (χ3n) is 10.5. The molecule has 0 heterocycles. The molecule has 5 unspecified atom stereocenters. The number of hydrogen-bond donors (Lipinski definition) is 9. The van der Waals surface area contributed by atoms with Crippen LogP contribution in [-0.4, -0.2) is 125 Å². The quantitative estimate of drug-likeness (QED) is 0.00938. The Bertz CT molecular complexity index is 1820. The van der Waals surface area contributed by atoms with Crippen molar-refractivity contribution >= 4 is 27.6 Å². The zero-order chi connectivity index (χ0) is 52.8. The fraction of sp³-hybridized carbons (Fsp3) is 0.608. The Balaban J connectivity index is 2.69. The first-order chi connectivity index (χ1) is 33.9. The topological polar surface area (TPSA) is 296 Å². The van der Waals surface area contributed by atoms with Gasteiger partial charge in [0.25, 0.3) is 0 Å². The molecule has 1 saturated carbocycles. The molecular formula is C51H82O18P2. The van der Waals surface area contributed by atoms with Crippen LogP contribution in [-0.2, 0) is 41.8 Å². The SMILES string of the molecule is CC/C=C\C[C@@H](O)/C=C/C=C\C=C\[C@@H](O)C/C=C\C/C=C\CCC(=O)OC[C@H](COP(=O)(O)O[C@H]1C(O)C(O)C(O)[C@@H](OP(=O)(O)O)C1O)OC(=O)CCCCCC/C=C\C/C=C\C/C=C\CCCCC. The molecule has 0 aromatic heterocycles. The standard InChI is InChI=1S/C51H82O18P2/c1-3-5-7-8-9-10-11-12-13-14-15-16-17-18-19-24-32-38-45(55)67-43(40-66-71(63,64)69-51-48(58)46(56)47(57)50(49(51)59)68-70(60,61)62)39-65-44(54)37-31-23-21-20-22-28-34-42(53)36-30-26-25-29-35-41(52)33-27-6-4-2/h6,9-10,12-13,15-16,21-23,25-30,35-36,41-43,46-53,56-59H,3-5,7-8,11,14,17-20,24,31-34,37-40H2,1-2H3,(H,63,64)(H2,60,61,62)/b10-9-,13-12-,16-15-,23-21-,26-25-,27-6-,28-22-,35-29+,36-30+/t41-,42+,43-,46?,47?,48?,49?,50-,51+/m1/s1. The van der Waals surface area contributed by atoms with Crippen LogP contribution < -0.4 is 0 Å². The van der Waals surface area contributed by atoms with E-state index in [2.05, 4.69) is 47.9 Å². The van der Waals surface area contributed by atoms with Gasteiger partial charge in [0, 0.05) is 12.8 Å². The lowest BCUT2D eigenvalue weighted by molar-refractivity contribution is -0.216. The van der Waals surface area contributed by atoms with Gasteiger partial charge in [0.05, 0.1) is 18.8 Å². The van der Waals surface area contributed by atoms with E-state index in [9.17, 15) is 64.0 Å². The van der Waals surface area contributed by atoms with Gasteiger partial charge in [-0.05, 0) is 77.0 Å². The molecule has 0 spiro atoms. The predicted molar refractivity (Wildman–Crippen MR) is 271 cm³/mol. The summed E-state index contributed by atoms with van der Waals surface area (Å²) in [5.41, 5.74) is 0. The maximum absolute atomic E-state index is 13.0. The Morgan fingerprint density at radius 3 is 1.61 bits per heavy atom. The number of carbonyl (C=O) groups is 2. The largest absolute Gasteiger partial charge is 0.472 e. The molecule has 9 N–H and O–H groups in total. The summed E-state index contributed by atoms with van der Waals surface area (Å²) in [6, 6.07) is 0. The highest BCUT2D eigenvalue weighted by Gasteiger charge is 2.54. The second-order valence-electron chi connectivity index (χ2n) is 16.8. The number of unbranched alkanes of at least 4 members (excludes halogenated alkanes) is 7. The van der Waals surface area contributed by atoms with Gasteiger partial charge in [0.1, 0.15) is 43.2 Å². The fourth-order valence-electron chi connectivity index (χ4n) is 6.64. The van der Waals surface area contributed by atoms with Crippen molar-refractivity contribution in [1.82, 2.24) is 0 Å². The minimum atomic E-state index is -5.39. The third-order valence-corrected chi connectivity index (χ3v) is 12.0. The van der Waals surface area contributed by atoms with Crippen LogP contribution >= 0.6 is 15.6 Å². The van der Waals surface area contributed by atoms with E-state index in [1.807, 2.05) is 37.3 Å². The molecular weight excluding hydrogens is 962 g/mol. The van der Waals surface area contributed by atoms with Crippen molar-refractivity contribution in [2.75, 3.05) is 13.2 Å². The van der Waals surface area contributed by atoms with Crippen LogP contribution in [0.3, 0.4) is 0 Å². The van der Waals surface area contributed by atoms with Crippen LogP contribution in [0.4, 0.5) is 0 Å². The van der Waals surface area contributed by atoms with Crippen LogP contribution in [0.2, 0.25) is 0 Å². The zero-order valence-electron chi connectivity index (χ0n) is 41.3. The van der Waals surface area contributed by atoms with Gasteiger partial charge in [0.15, 0.2) is 6.10 Å². The molecule has 0 bridgehead atoms. The Morgan fingerprint density at radius 1 is 0.535 bits per heavy atom. The third kappa shape index (κ3) is 34.6. The molecule has 1 rings (SSSR count). The van der Waals surface area contributed by atoms with E-state index in [1.54, 1.807) is 42.5 Å². The Morgan fingerprint density at radius 2 is 1.04 bits per heavy atom. The maximum Gasteiger partial charge on any atom is 0.472 e. The number of hydrogen-bond acceptors (Lipinski definition) is 15. The van der Waals surface area contributed by atoms with E-state index >= 15 is 0 Å². The van der Waals surface area contributed by atoms with Crippen molar-refractivity contribution in [2.24, 2.45) is 0 Å². The lowest BCUT2D eigenvalue weighted by Gasteiger charge is -2.43. The Labute approximate surface area is 420 Å². The summed E-state index contributed by atoms with van der Waals surface area (Å²) in [5.74, 6) is -1.41. The summed E-state index contributed by atoms with van der Waals surface area (Å²) in [6.07, 6.45) is 31.0. The molecule has 0 aromatic rings. The lowest BCUT2D eigenvalue weighted by atomic mass is 9.85. The minimum Gasteiger partial charge on any atom is -0.462 e. The van der Waals surface area contributed by atoms with Crippen LogP contribution in [0.25, 0.3) is 0 Å². The maximum atomic E-state index is 13.0. The molecule has 1 fully saturated rings. The molecule has 0 aromatic carbocycles. The van der Waals surface area contributed by atoms with Gasteiger partial charge in [-0.2, -0.15) is 0 Å². The minimum absolute atomic E-state index is 0.0264. The van der Waals surface area contributed by atoms with E-state index < -0.39 is 95.7 Å². The number of aliphatic hydroxyl groups excluding tert-OH is 6. The van der Waals surface area contributed by atoms with Crippen LogP contribution in [0, 0.1) is 0 Å². The first-order valence-corrected chi connectivity index (χ1v) is 27.7. The normalized spacial score (nSPS) is 22.7. The molecule has 71 heavy (non-hydrogen) atoms. The van der Waals surface area contributed by atoms with E-state index in [0.29, 0.717) is 32.1 Å². The zero-order valence-corrected chi connectivity index (χ0v) is 43.1. The molecule has 18 nitrogen and oxygen atoms in total. The van der Waals surface area contributed by atoms with E-state index in [0.717, 1.165) is 44.9 Å². The molecule has 404 valence electrons.